The normalized spacial score (nSPS) is 23.3. The summed E-state index contributed by atoms with van der Waals surface area (Å²) in [6, 6.07) is 2.57. The first-order valence-corrected chi connectivity index (χ1v) is 10.3. The molecular formula is C21H24F2N6O3. The van der Waals surface area contributed by atoms with E-state index >= 15 is 0 Å². The topological polar surface area (TPSA) is 110 Å². The highest BCUT2D eigenvalue weighted by Gasteiger charge is 2.49. The average molecular weight is 446 g/mol. The number of carbonyl (C=O) groups is 3. The lowest BCUT2D eigenvalue weighted by Gasteiger charge is -2.41. The molecule has 0 spiro atoms. The highest BCUT2D eigenvalue weighted by atomic mass is 19.1. The molecule has 170 valence electrons. The van der Waals surface area contributed by atoms with Crippen molar-refractivity contribution in [2.24, 2.45) is 0 Å². The largest absolute Gasteiger partial charge is 0.365 e. The number of hydrogen-bond donors (Lipinski definition) is 3. The summed E-state index contributed by atoms with van der Waals surface area (Å²) in [6.07, 6.45) is 1.61. The molecule has 2 atom stereocenters. The van der Waals surface area contributed by atoms with Gasteiger partial charge in [-0.05, 0) is 32.4 Å². The molecule has 9 nitrogen and oxygen atoms in total. The van der Waals surface area contributed by atoms with Crippen molar-refractivity contribution >= 4 is 23.5 Å². The van der Waals surface area contributed by atoms with Crippen LogP contribution in [0.4, 0.5) is 19.3 Å². The molecule has 0 bridgehead atoms. The molecule has 11 heteroatoms. The maximum absolute atomic E-state index is 13.6. The van der Waals surface area contributed by atoms with E-state index in [0.29, 0.717) is 36.8 Å². The standard InChI is InChI=1S/C21H24F2N6O3/c1-12-11-28(5-6-29(12)16-8-14(22)7-15(23)9-16)18(30)3-4-21(17-10-24-13(2)25-17)19(31)26-20(32)27-21/h7-10,12H,3-6,11H2,1-2H3,(H,24,25)(H2,26,27,31,32)/t12-,21?/m0/s1. The summed E-state index contributed by atoms with van der Waals surface area (Å²) in [5.74, 6) is -1.45. The number of halogens is 2. The molecule has 4 rings (SSSR count). The van der Waals surface area contributed by atoms with Crippen LogP contribution >= 0.6 is 0 Å². The van der Waals surface area contributed by atoms with Crippen LogP contribution in [0.1, 0.15) is 31.3 Å². The Labute approximate surface area is 183 Å². The Balaban J connectivity index is 1.43. The summed E-state index contributed by atoms with van der Waals surface area (Å²) in [5, 5.41) is 4.84. The van der Waals surface area contributed by atoms with Crippen LogP contribution in [0.5, 0.6) is 0 Å². The highest BCUT2D eigenvalue weighted by molar-refractivity contribution is 6.07. The maximum atomic E-state index is 13.6. The SMILES string of the molecule is Cc1nc(C2(CCC(=O)N3CCN(c4cc(F)cc(F)c4)[C@@H](C)C3)NC(=O)NC2=O)c[nH]1. The predicted molar refractivity (Wildman–Crippen MR) is 111 cm³/mol. The van der Waals surface area contributed by atoms with Crippen molar-refractivity contribution < 1.29 is 23.2 Å². The Bertz CT molecular complexity index is 1050. The second-order valence-corrected chi connectivity index (χ2v) is 8.19. The number of aryl methyl sites for hydroxylation is 1. The minimum Gasteiger partial charge on any atom is -0.365 e. The summed E-state index contributed by atoms with van der Waals surface area (Å²) in [5.41, 5.74) is -0.637. The number of anilines is 1. The number of amides is 4. The molecule has 1 unspecified atom stereocenters. The molecule has 0 aliphatic carbocycles. The number of imidazole rings is 1. The van der Waals surface area contributed by atoms with Gasteiger partial charge < -0.3 is 20.1 Å². The molecule has 3 heterocycles. The van der Waals surface area contributed by atoms with Gasteiger partial charge >= 0.3 is 6.03 Å². The fourth-order valence-electron chi connectivity index (χ4n) is 4.34. The minimum absolute atomic E-state index is 0.0148. The smallest absolute Gasteiger partial charge is 0.322 e. The van der Waals surface area contributed by atoms with Gasteiger partial charge in [-0.2, -0.15) is 0 Å². The van der Waals surface area contributed by atoms with Crippen LogP contribution in [-0.2, 0) is 15.1 Å². The molecule has 2 aromatic rings. The van der Waals surface area contributed by atoms with Crippen LogP contribution in [0.15, 0.2) is 24.4 Å². The fraction of sp³-hybridized carbons (Fsp3) is 0.429. The molecule has 4 amide bonds. The van der Waals surface area contributed by atoms with Crippen LogP contribution in [0.2, 0.25) is 0 Å². The third kappa shape index (κ3) is 4.02. The Morgan fingerprint density at radius 3 is 2.50 bits per heavy atom. The van der Waals surface area contributed by atoms with Gasteiger partial charge in [-0.1, -0.05) is 0 Å². The summed E-state index contributed by atoms with van der Waals surface area (Å²) < 4.78 is 27.2. The number of piperazine rings is 1. The van der Waals surface area contributed by atoms with Gasteiger partial charge in [0.2, 0.25) is 5.91 Å². The first-order valence-electron chi connectivity index (χ1n) is 10.3. The van der Waals surface area contributed by atoms with Gasteiger partial charge in [0.15, 0.2) is 5.54 Å². The lowest BCUT2D eigenvalue weighted by atomic mass is 9.89. The number of nitrogens with zero attached hydrogens (tertiary/aromatic N) is 3. The van der Waals surface area contributed by atoms with Crippen molar-refractivity contribution in [2.75, 3.05) is 24.5 Å². The number of aromatic nitrogens is 2. The second kappa shape index (κ2) is 8.21. The highest BCUT2D eigenvalue weighted by Crippen LogP contribution is 2.30. The van der Waals surface area contributed by atoms with Gasteiger partial charge in [-0.15, -0.1) is 0 Å². The zero-order valence-electron chi connectivity index (χ0n) is 17.7. The van der Waals surface area contributed by atoms with E-state index < -0.39 is 29.1 Å². The van der Waals surface area contributed by atoms with Crippen LogP contribution in [0.3, 0.4) is 0 Å². The summed E-state index contributed by atoms with van der Waals surface area (Å²) in [7, 11) is 0. The molecule has 0 radical (unpaired) electrons. The molecule has 1 aromatic carbocycles. The van der Waals surface area contributed by atoms with Gasteiger partial charge in [0.05, 0.1) is 5.69 Å². The zero-order valence-corrected chi connectivity index (χ0v) is 17.7. The molecule has 32 heavy (non-hydrogen) atoms. The molecule has 2 fully saturated rings. The Hall–Kier alpha value is -3.50. The first-order chi connectivity index (χ1) is 15.2. The number of carbonyl (C=O) groups excluding carboxylic acids is 3. The third-order valence-electron chi connectivity index (χ3n) is 5.96. The molecule has 2 aliphatic heterocycles. The number of aromatic amines is 1. The number of benzene rings is 1. The number of H-pyrrole nitrogens is 1. The average Bonchev–Trinajstić information content (AvgIpc) is 3.28. The van der Waals surface area contributed by atoms with Crippen molar-refractivity contribution in [3.8, 4) is 0 Å². The van der Waals surface area contributed by atoms with Crippen molar-refractivity contribution in [1.29, 1.82) is 0 Å². The van der Waals surface area contributed by atoms with Crippen LogP contribution in [-0.4, -0.2) is 58.4 Å². The Kier molecular flexibility index (Phi) is 5.57. The van der Waals surface area contributed by atoms with Crippen LogP contribution in [0, 0.1) is 18.6 Å². The van der Waals surface area contributed by atoms with E-state index in [4.69, 9.17) is 0 Å². The van der Waals surface area contributed by atoms with Gasteiger partial charge in [-0.3, -0.25) is 14.9 Å². The van der Waals surface area contributed by atoms with E-state index in [1.165, 1.54) is 12.1 Å². The summed E-state index contributed by atoms with van der Waals surface area (Å²) in [4.78, 5) is 48.0. The summed E-state index contributed by atoms with van der Waals surface area (Å²) >= 11 is 0. The van der Waals surface area contributed by atoms with Gasteiger partial charge in [-0.25, -0.2) is 18.6 Å². The zero-order chi connectivity index (χ0) is 23.0. The lowest BCUT2D eigenvalue weighted by Crippen LogP contribution is -2.54. The van der Waals surface area contributed by atoms with E-state index in [1.807, 2.05) is 11.8 Å². The first kappa shape index (κ1) is 21.7. The van der Waals surface area contributed by atoms with Gasteiger partial charge in [0, 0.05) is 50.0 Å². The van der Waals surface area contributed by atoms with E-state index in [0.717, 1.165) is 6.07 Å². The monoisotopic (exact) mass is 446 g/mol. The second-order valence-electron chi connectivity index (χ2n) is 8.19. The molecule has 3 N–H and O–H groups in total. The number of rotatable bonds is 5. The quantitative estimate of drug-likeness (QED) is 0.604. The molecule has 0 saturated carbocycles. The minimum atomic E-state index is -1.41. The van der Waals surface area contributed by atoms with E-state index in [9.17, 15) is 23.2 Å². The number of nitrogens with one attached hydrogen (secondary N) is 3. The maximum Gasteiger partial charge on any atom is 0.322 e. The van der Waals surface area contributed by atoms with Crippen LogP contribution < -0.4 is 15.5 Å². The summed E-state index contributed by atoms with van der Waals surface area (Å²) in [6.45, 7) is 4.75. The van der Waals surface area contributed by atoms with Crippen molar-refractivity contribution in [1.82, 2.24) is 25.5 Å². The molecule has 1 aromatic heterocycles. The van der Waals surface area contributed by atoms with E-state index in [-0.39, 0.29) is 24.8 Å². The van der Waals surface area contributed by atoms with Crippen molar-refractivity contribution in [2.45, 2.75) is 38.3 Å². The third-order valence-corrected chi connectivity index (χ3v) is 5.96. The molecular weight excluding hydrogens is 422 g/mol. The molecule has 2 aliphatic rings. The predicted octanol–water partition coefficient (Wildman–Crippen LogP) is 1.55. The number of urea groups is 1. The van der Waals surface area contributed by atoms with E-state index in [1.54, 1.807) is 18.0 Å². The molecule has 2 saturated heterocycles. The number of imide groups is 1. The van der Waals surface area contributed by atoms with Crippen LogP contribution in [0.25, 0.3) is 0 Å². The van der Waals surface area contributed by atoms with Gasteiger partial charge in [0.25, 0.3) is 5.91 Å². The Morgan fingerprint density at radius 2 is 1.94 bits per heavy atom. The van der Waals surface area contributed by atoms with E-state index in [2.05, 4.69) is 20.6 Å². The number of hydrogen-bond acceptors (Lipinski definition) is 5. The lowest BCUT2D eigenvalue weighted by molar-refractivity contribution is -0.133. The fourth-order valence-corrected chi connectivity index (χ4v) is 4.34. The van der Waals surface area contributed by atoms with Crippen molar-refractivity contribution in [3.63, 3.8) is 0 Å². The van der Waals surface area contributed by atoms with Gasteiger partial charge in [0.1, 0.15) is 17.5 Å². The van der Waals surface area contributed by atoms with Crippen molar-refractivity contribution in [3.05, 3.63) is 47.5 Å². The Morgan fingerprint density at radius 1 is 1.22 bits per heavy atom.